The number of aliphatic hydroxyl groups is 1. The molecule has 9 heteroatoms. The number of hydrogen-bond donors (Lipinski definition) is 2. The van der Waals surface area contributed by atoms with Gasteiger partial charge in [0.2, 0.25) is 0 Å². The van der Waals surface area contributed by atoms with Gasteiger partial charge in [0.25, 0.3) is 5.56 Å². The van der Waals surface area contributed by atoms with E-state index in [-0.39, 0.29) is 13.0 Å². The molecule has 3 aromatic carbocycles. The van der Waals surface area contributed by atoms with E-state index in [9.17, 15) is 14.7 Å². The van der Waals surface area contributed by atoms with Crippen molar-refractivity contribution >= 4 is 0 Å². The van der Waals surface area contributed by atoms with Gasteiger partial charge in [-0.05, 0) is 47.9 Å². The third-order valence-corrected chi connectivity index (χ3v) is 7.23. The number of hydrogen-bond acceptors (Lipinski definition) is 7. The molecule has 2 N–H and O–H groups in total. The lowest BCUT2D eigenvalue weighted by Crippen LogP contribution is -2.39. The standard InChI is InChI=1S/C31H32N2O7/c1-20-17-28(35)33(30(36)32-20)29-18-26(34)27(40-29)19-39-31(21-7-5-4-6-8-21,22-9-13-24(37-2)14-10-22)23-11-15-25(38-3)16-12-23/h4-17,26-27,29,34H,18-19H2,1-3H3,(H,32,36)/t26-,27-,29+/m1/s1. The van der Waals surface area contributed by atoms with Gasteiger partial charge in [-0.2, -0.15) is 0 Å². The van der Waals surface area contributed by atoms with Crippen LogP contribution < -0.4 is 20.7 Å². The summed E-state index contributed by atoms with van der Waals surface area (Å²) < 4.78 is 24.7. The summed E-state index contributed by atoms with van der Waals surface area (Å²) in [6, 6.07) is 26.3. The van der Waals surface area contributed by atoms with Crippen molar-refractivity contribution < 1.29 is 24.1 Å². The van der Waals surface area contributed by atoms with Crippen LogP contribution in [0.2, 0.25) is 0 Å². The lowest BCUT2D eigenvalue weighted by molar-refractivity contribution is -0.0949. The highest BCUT2D eigenvalue weighted by atomic mass is 16.6. The second-order valence-corrected chi connectivity index (χ2v) is 9.71. The number of ether oxygens (including phenoxy) is 4. The van der Waals surface area contributed by atoms with E-state index >= 15 is 0 Å². The summed E-state index contributed by atoms with van der Waals surface area (Å²) >= 11 is 0. The smallest absolute Gasteiger partial charge is 0.330 e. The molecule has 0 saturated carbocycles. The molecule has 208 valence electrons. The Balaban J connectivity index is 1.54. The second-order valence-electron chi connectivity index (χ2n) is 9.71. The maximum Gasteiger partial charge on any atom is 0.330 e. The molecule has 1 fully saturated rings. The van der Waals surface area contributed by atoms with Crippen LogP contribution >= 0.6 is 0 Å². The van der Waals surface area contributed by atoms with E-state index in [0.29, 0.717) is 17.2 Å². The SMILES string of the molecule is COc1ccc(C(OC[C@H]2O[C@H](n3c(=O)cc(C)[nH]c3=O)C[C@H]2O)(c2ccccc2)c2ccc(OC)cc2)cc1. The van der Waals surface area contributed by atoms with Crippen molar-refractivity contribution in [2.75, 3.05) is 20.8 Å². The average Bonchev–Trinajstić information content (AvgIpc) is 3.33. The molecule has 0 spiro atoms. The van der Waals surface area contributed by atoms with E-state index in [1.165, 1.54) is 6.07 Å². The quantitative estimate of drug-likeness (QED) is 0.310. The van der Waals surface area contributed by atoms with Gasteiger partial charge in [-0.25, -0.2) is 9.36 Å². The van der Waals surface area contributed by atoms with Crippen LogP contribution in [-0.4, -0.2) is 47.7 Å². The number of aromatic nitrogens is 2. The number of aromatic amines is 1. The van der Waals surface area contributed by atoms with Crippen molar-refractivity contribution in [2.45, 2.75) is 37.4 Å². The first kappa shape index (κ1) is 27.4. The van der Waals surface area contributed by atoms with Crippen LogP contribution in [0, 0.1) is 6.92 Å². The molecule has 4 aromatic rings. The molecule has 1 aromatic heterocycles. The maximum absolute atomic E-state index is 12.6. The van der Waals surface area contributed by atoms with Crippen LogP contribution in [0.4, 0.5) is 0 Å². The van der Waals surface area contributed by atoms with Crippen molar-refractivity contribution in [2.24, 2.45) is 0 Å². The van der Waals surface area contributed by atoms with Crippen LogP contribution in [0.25, 0.3) is 0 Å². The largest absolute Gasteiger partial charge is 0.497 e. The Morgan fingerprint density at radius 3 is 1.98 bits per heavy atom. The first-order chi connectivity index (χ1) is 19.3. The normalized spacial score (nSPS) is 18.9. The van der Waals surface area contributed by atoms with E-state index in [2.05, 4.69) is 4.98 Å². The molecule has 1 aliphatic heterocycles. The van der Waals surface area contributed by atoms with E-state index in [1.807, 2.05) is 78.9 Å². The minimum atomic E-state index is -1.10. The van der Waals surface area contributed by atoms with Crippen molar-refractivity contribution in [3.8, 4) is 11.5 Å². The number of rotatable bonds is 9. The number of H-pyrrole nitrogens is 1. The topological polar surface area (TPSA) is 112 Å². The Labute approximate surface area is 231 Å². The molecule has 40 heavy (non-hydrogen) atoms. The highest BCUT2D eigenvalue weighted by Crippen LogP contribution is 2.42. The summed E-state index contributed by atoms with van der Waals surface area (Å²) in [5.41, 5.74) is 0.810. The van der Waals surface area contributed by atoms with Gasteiger partial charge in [-0.15, -0.1) is 0 Å². The molecule has 0 aliphatic carbocycles. The van der Waals surface area contributed by atoms with Gasteiger partial charge in [-0.1, -0.05) is 54.6 Å². The zero-order chi connectivity index (χ0) is 28.3. The molecule has 0 bridgehead atoms. The molecule has 2 heterocycles. The van der Waals surface area contributed by atoms with E-state index in [4.69, 9.17) is 18.9 Å². The van der Waals surface area contributed by atoms with Crippen molar-refractivity contribution in [3.63, 3.8) is 0 Å². The molecule has 0 amide bonds. The maximum atomic E-state index is 12.6. The fourth-order valence-electron chi connectivity index (χ4n) is 5.20. The highest BCUT2D eigenvalue weighted by Gasteiger charge is 2.42. The summed E-state index contributed by atoms with van der Waals surface area (Å²) in [7, 11) is 3.22. The Morgan fingerprint density at radius 2 is 1.45 bits per heavy atom. The molecular weight excluding hydrogens is 512 g/mol. The minimum Gasteiger partial charge on any atom is -0.497 e. The lowest BCUT2D eigenvalue weighted by Gasteiger charge is -2.37. The Hall–Kier alpha value is -4.18. The van der Waals surface area contributed by atoms with Gasteiger partial charge in [0.05, 0.1) is 26.9 Å². The van der Waals surface area contributed by atoms with Crippen LogP contribution in [0.3, 0.4) is 0 Å². The zero-order valence-electron chi connectivity index (χ0n) is 22.6. The minimum absolute atomic E-state index is 0.0247. The molecule has 3 atom stereocenters. The Kier molecular flexibility index (Phi) is 7.88. The van der Waals surface area contributed by atoms with Gasteiger partial charge in [0, 0.05) is 18.2 Å². The predicted molar refractivity (Wildman–Crippen MR) is 149 cm³/mol. The van der Waals surface area contributed by atoms with Crippen LogP contribution in [-0.2, 0) is 15.1 Å². The van der Waals surface area contributed by atoms with Gasteiger partial charge < -0.3 is 29.0 Å². The number of nitrogens with one attached hydrogen (secondary N) is 1. The molecule has 5 rings (SSSR count). The summed E-state index contributed by atoms with van der Waals surface area (Å²) in [6.07, 6.45) is -2.60. The number of methoxy groups -OCH3 is 2. The highest BCUT2D eigenvalue weighted by molar-refractivity contribution is 5.49. The van der Waals surface area contributed by atoms with Gasteiger partial charge in [0.15, 0.2) is 0 Å². The number of aryl methyl sites for hydroxylation is 1. The molecule has 9 nitrogen and oxygen atoms in total. The fraction of sp³-hybridized carbons (Fsp3) is 0.290. The van der Waals surface area contributed by atoms with Gasteiger partial charge >= 0.3 is 5.69 Å². The monoisotopic (exact) mass is 544 g/mol. The Morgan fingerprint density at radius 1 is 0.900 bits per heavy atom. The average molecular weight is 545 g/mol. The van der Waals surface area contributed by atoms with Crippen molar-refractivity contribution in [1.82, 2.24) is 9.55 Å². The summed E-state index contributed by atoms with van der Waals surface area (Å²) in [5, 5.41) is 10.9. The molecule has 0 unspecified atom stereocenters. The number of benzene rings is 3. The molecule has 0 radical (unpaired) electrons. The molecular formula is C31H32N2O7. The predicted octanol–water partition coefficient (Wildman–Crippen LogP) is 3.52. The summed E-state index contributed by atoms with van der Waals surface area (Å²) in [4.78, 5) is 27.7. The Bertz CT molecular complexity index is 1470. The fourth-order valence-corrected chi connectivity index (χ4v) is 5.20. The van der Waals surface area contributed by atoms with E-state index in [1.54, 1.807) is 21.1 Å². The van der Waals surface area contributed by atoms with Crippen LogP contribution in [0.5, 0.6) is 11.5 Å². The summed E-state index contributed by atoms with van der Waals surface area (Å²) in [5.74, 6) is 1.40. The first-order valence-corrected chi connectivity index (χ1v) is 13.0. The number of nitrogens with zero attached hydrogens (tertiary/aromatic N) is 1. The lowest BCUT2D eigenvalue weighted by atomic mass is 9.80. The van der Waals surface area contributed by atoms with Crippen molar-refractivity contribution in [3.05, 3.63) is 128 Å². The van der Waals surface area contributed by atoms with Crippen molar-refractivity contribution in [1.29, 1.82) is 0 Å². The third-order valence-electron chi connectivity index (χ3n) is 7.23. The van der Waals surface area contributed by atoms with Crippen LogP contribution in [0.15, 0.2) is 94.5 Å². The van der Waals surface area contributed by atoms with Gasteiger partial charge in [0.1, 0.15) is 29.4 Å². The molecule has 1 saturated heterocycles. The van der Waals surface area contributed by atoms with E-state index in [0.717, 1.165) is 21.3 Å². The van der Waals surface area contributed by atoms with Gasteiger partial charge in [-0.3, -0.25) is 4.79 Å². The van der Waals surface area contributed by atoms with Crippen LogP contribution in [0.1, 0.15) is 35.0 Å². The second kappa shape index (κ2) is 11.5. The zero-order valence-corrected chi connectivity index (χ0v) is 22.6. The van der Waals surface area contributed by atoms with E-state index < -0.39 is 35.3 Å². The molecule has 1 aliphatic rings. The number of aliphatic hydroxyl groups excluding tert-OH is 1. The first-order valence-electron chi connectivity index (χ1n) is 13.0. The third kappa shape index (κ3) is 5.19. The summed E-state index contributed by atoms with van der Waals surface area (Å²) in [6.45, 7) is 1.61.